The van der Waals surface area contributed by atoms with Crippen molar-refractivity contribution >= 4 is 12.1 Å². The van der Waals surface area contributed by atoms with Crippen molar-refractivity contribution in [3.8, 4) is 5.75 Å². The van der Waals surface area contributed by atoms with Crippen LogP contribution in [-0.2, 0) is 20.7 Å². The molecular weight excluding hydrogens is 274 g/mol. The average Bonchev–Trinajstić information content (AvgIpc) is 2.34. The number of aromatic hydroxyl groups is 1. The van der Waals surface area contributed by atoms with E-state index >= 15 is 0 Å². The molecule has 2 N–H and O–H groups in total. The van der Waals surface area contributed by atoms with Gasteiger partial charge in [-0.3, -0.25) is 0 Å². The van der Waals surface area contributed by atoms with Gasteiger partial charge in [-0.2, -0.15) is 0 Å². The number of nitrogens with one attached hydrogen (secondary N) is 1. The number of benzene rings is 1. The molecule has 0 unspecified atom stereocenters. The van der Waals surface area contributed by atoms with Gasteiger partial charge in [-0.05, 0) is 38.5 Å². The molecule has 0 fully saturated rings. The highest BCUT2D eigenvalue weighted by atomic mass is 16.6. The summed E-state index contributed by atoms with van der Waals surface area (Å²) in [5, 5.41) is 11.9. The van der Waals surface area contributed by atoms with E-state index < -0.39 is 23.7 Å². The zero-order valence-electron chi connectivity index (χ0n) is 12.7. The minimum absolute atomic E-state index is 0.0911. The Kier molecular flexibility index (Phi) is 5.58. The lowest BCUT2D eigenvalue weighted by molar-refractivity contribution is -0.143. The molecule has 0 heterocycles. The number of methoxy groups -OCH3 is 1. The number of ether oxygens (including phenoxy) is 2. The molecular formula is C15H21NO5. The number of rotatable bonds is 4. The van der Waals surface area contributed by atoms with E-state index in [0.717, 1.165) is 0 Å². The van der Waals surface area contributed by atoms with Gasteiger partial charge in [-0.25, -0.2) is 9.59 Å². The summed E-state index contributed by atoms with van der Waals surface area (Å²) in [5.41, 5.74) is 0.0388. The maximum absolute atomic E-state index is 11.8. The van der Waals surface area contributed by atoms with Crippen LogP contribution in [0.1, 0.15) is 26.3 Å². The number of esters is 1. The lowest BCUT2D eigenvalue weighted by Gasteiger charge is -2.22. The van der Waals surface area contributed by atoms with Crippen LogP contribution in [0.15, 0.2) is 24.3 Å². The normalized spacial score (nSPS) is 12.4. The van der Waals surface area contributed by atoms with Crippen LogP contribution in [0.4, 0.5) is 4.79 Å². The van der Waals surface area contributed by atoms with Crippen molar-refractivity contribution in [2.45, 2.75) is 38.8 Å². The standard InChI is InChI=1S/C15H21NO5/c1-15(2,3)21-14(19)16-12(13(18)20-4)9-10-6-5-7-11(17)8-10/h5-8,12,17H,9H2,1-4H3,(H,16,19)/t12-/m1/s1. The zero-order valence-corrected chi connectivity index (χ0v) is 12.7. The van der Waals surface area contributed by atoms with E-state index in [9.17, 15) is 14.7 Å². The molecule has 1 aromatic carbocycles. The van der Waals surface area contributed by atoms with Gasteiger partial charge >= 0.3 is 12.1 Å². The Morgan fingerprint density at radius 2 is 2.00 bits per heavy atom. The second kappa shape index (κ2) is 6.97. The van der Waals surface area contributed by atoms with E-state index in [0.29, 0.717) is 5.56 Å². The number of hydrogen-bond acceptors (Lipinski definition) is 5. The van der Waals surface area contributed by atoms with Crippen LogP contribution in [0.5, 0.6) is 5.75 Å². The predicted molar refractivity (Wildman–Crippen MR) is 77.0 cm³/mol. The first-order chi connectivity index (χ1) is 9.71. The van der Waals surface area contributed by atoms with E-state index in [2.05, 4.69) is 10.1 Å². The molecule has 0 aromatic heterocycles. The summed E-state index contributed by atoms with van der Waals surface area (Å²) in [7, 11) is 1.24. The largest absolute Gasteiger partial charge is 0.508 e. The summed E-state index contributed by atoms with van der Waals surface area (Å²) in [6.07, 6.45) is -0.501. The first-order valence-electron chi connectivity index (χ1n) is 6.56. The first-order valence-corrected chi connectivity index (χ1v) is 6.56. The van der Waals surface area contributed by atoms with Gasteiger partial charge in [0.15, 0.2) is 0 Å². The predicted octanol–water partition coefficient (Wildman–Crippen LogP) is 2.00. The smallest absolute Gasteiger partial charge is 0.408 e. The Morgan fingerprint density at radius 1 is 1.33 bits per heavy atom. The van der Waals surface area contributed by atoms with E-state index in [4.69, 9.17) is 4.74 Å². The van der Waals surface area contributed by atoms with Crippen molar-refractivity contribution in [2.75, 3.05) is 7.11 Å². The molecule has 0 spiro atoms. The van der Waals surface area contributed by atoms with E-state index in [-0.39, 0.29) is 12.2 Å². The molecule has 1 aromatic rings. The van der Waals surface area contributed by atoms with Crippen molar-refractivity contribution in [1.82, 2.24) is 5.32 Å². The van der Waals surface area contributed by atoms with Gasteiger partial charge in [-0.15, -0.1) is 0 Å². The third-order valence-corrected chi connectivity index (χ3v) is 2.53. The van der Waals surface area contributed by atoms with E-state index in [1.54, 1.807) is 32.9 Å². The van der Waals surface area contributed by atoms with Crippen LogP contribution < -0.4 is 5.32 Å². The van der Waals surface area contributed by atoms with Crippen molar-refractivity contribution < 1.29 is 24.2 Å². The fourth-order valence-electron chi connectivity index (χ4n) is 1.70. The molecule has 0 bridgehead atoms. The highest BCUT2D eigenvalue weighted by Crippen LogP contribution is 2.14. The molecule has 0 aliphatic carbocycles. The Balaban J connectivity index is 2.77. The molecule has 0 radical (unpaired) electrons. The summed E-state index contributed by atoms with van der Waals surface area (Å²) >= 11 is 0. The maximum Gasteiger partial charge on any atom is 0.408 e. The molecule has 1 atom stereocenters. The quantitative estimate of drug-likeness (QED) is 0.830. The lowest BCUT2D eigenvalue weighted by atomic mass is 10.1. The summed E-state index contributed by atoms with van der Waals surface area (Å²) < 4.78 is 9.79. The van der Waals surface area contributed by atoms with Gasteiger partial charge < -0.3 is 19.9 Å². The highest BCUT2D eigenvalue weighted by Gasteiger charge is 2.25. The first kappa shape index (κ1) is 16.8. The number of phenolic OH excluding ortho intramolecular Hbond substituents is 1. The summed E-state index contributed by atoms with van der Waals surface area (Å²) in [5.74, 6) is -0.488. The van der Waals surface area contributed by atoms with Crippen LogP contribution >= 0.6 is 0 Å². The van der Waals surface area contributed by atoms with Gasteiger partial charge in [-0.1, -0.05) is 12.1 Å². The minimum atomic E-state index is -0.883. The van der Waals surface area contributed by atoms with Crippen LogP contribution in [0, 0.1) is 0 Å². The molecule has 6 nitrogen and oxygen atoms in total. The Hall–Kier alpha value is -2.24. The van der Waals surface area contributed by atoms with E-state index in [1.165, 1.54) is 19.2 Å². The van der Waals surface area contributed by atoms with Crippen molar-refractivity contribution in [3.63, 3.8) is 0 Å². The molecule has 21 heavy (non-hydrogen) atoms. The molecule has 0 aliphatic heterocycles. The molecule has 1 rings (SSSR count). The van der Waals surface area contributed by atoms with Crippen molar-refractivity contribution in [2.24, 2.45) is 0 Å². The number of amides is 1. The summed E-state index contributed by atoms with van der Waals surface area (Å²) in [6.45, 7) is 5.19. The van der Waals surface area contributed by atoms with Crippen LogP contribution in [0.3, 0.4) is 0 Å². The molecule has 0 saturated heterocycles. The van der Waals surface area contributed by atoms with Gasteiger partial charge in [0.1, 0.15) is 17.4 Å². The molecule has 0 aliphatic rings. The fraction of sp³-hybridized carbons (Fsp3) is 0.467. The van der Waals surface area contributed by atoms with Gasteiger partial charge in [0.05, 0.1) is 7.11 Å². The maximum atomic E-state index is 11.8. The average molecular weight is 295 g/mol. The lowest BCUT2D eigenvalue weighted by Crippen LogP contribution is -2.45. The Bertz CT molecular complexity index is 507. The van der Waals surface area contributed by atoms with Gasteiger partial charge in [0, 0.05) is 6.42 Å². The number of carbonyl (C=O) groups excluding carboxylic acids is 2. The third kappa shape index (κ3) is 6.16. The summed E-state index contributed by atoms with van der Waals surface area (Å²) in [6, 6.07) is 5.57. The van der Waals surface area contributed by atoms with Crippen molar-refractivity contribution in [3.05, 3.63) is 29.8 Å². The minimum Gasteiger partial charge on any atom is -0.508 e. The Morgan fingerprint density at radius 3 is 2.52 bits per heavy atom. The van der Waals surface area contributed by atoms with Gasteiger partial charge in [0.2, 0.25) is 0 Å². The van der Waals surface area contributed by atoms with Crippen molar-refractivity contribution in [1.29, 1.82) is 0 Å². The third-order valence-electron chi connectivity index (χ3n) is 2.53. The topological polar surface area (TPSA) is 84.9 Å². The fourth-order valence-corrected chi connectivity index (χ4v) is 1.70. The highest BCUT2D eigenvalue weighted by molar-refractivity contribution is 5.81. The van der Waals surface area contributed by atoms with Crippen LogP contribution in [0.25, 0.3) is 0 Å². The number of hydrogen-bond donors (Lipinski definition) is 2. The number of phenols is 1. The zero-order chi connectivity index (χ0) is 16.0. The van der Waals surface area contributed by atoms with Crippen LogP contribution in [-0.4, -0.2) is 35.9 Å². The monoisotopic (exact) mass is 295 g/mol. The molecule has 116 valence electrons. The second-order valence-electron chi connectivity index (χ2n) is 5.60. The van der Waals surface area contributed by atoms with E-state index in [1.807, 2.05) is 0 Å². The number of alkyl carbamates (subject to hydrolysis) is 1. The number of carbonyl (C=O) groups is 2. The summed E-state index contributed by atoms with van der Waals surface area (Å²) in [4.78, 5) is 23.5. The van der Waals surface area contributed by atoms with Crippen LogP contribution in [0.2, 0.25) is 0 Å². The molecule has 1 amide bonds. The molecule has 6 heteroatoms. The SMILES string of the molecule is COC(=O)[C@@H](Cc1cccc(O)c1)NC(=O)OC(C)(C)C. The second-order valence-corrected chi connectivity index (χ2v) is 5.60. The van der Waals surface area contributed by atoms with Gasteiger partial charge in [0.25, 0.3) is 0 Å². The molecule has 0 saturated carbocycles. The Labute approximate surface area is 124 Å².